The molecule has 0 aliphatic carbocycles. The molecule has 0 radical (unpaired) electrons. The van der Waals surface area contributed by atoms with E-state index >= 15 is 0 Å². The molecule has 18 heavy (non-hydrogen) atoms. The van der Waals surface area contributed by atoms with Crippen molar-refractivity contribution in [1.29, 1.82) is 0 Å². The standard InChI is InChI=1S/C14H16N2OS/c1-7-5-8(2)11(9(3)6-7)14-16-10(4)12(18-14)13(15)17/h5-6H,1-4H3,(H2,15,17). The number of rotatable bonds is 2. The number of aryl methyl sites for hydroxylation is 4. The summed E-state index contributed by atoms with van der Waals surface area (Å²) in [4.78, 5) is 16.3. The van der Waals surface area contributed by atoms with Crippen molar-refractivity contribution in [3.63, 3.8) is 0 Å². The van der Waals surface area contributed by atoms with Crippen molar-refractivity contribution >= 4 is 17.2 Å². The summed E-state index contributed by atoms with van der Waals surface area (Å²) in [5.74, 6) is -0.404. The highest BCUT2D eigenvalue weighted by molar-refractivity contribution is 7.17. The van der Waals surface area contributed by atoms with E-state index in [1.54, 1.807) is 0 Å². The van der Waals surface area contributed by atoms with Crippen molar-refractivity contribution < 1.29 is 4.79 Å². The summed E-state index contributed by atoms with van der Waals surface area (Å²) in [6.07, 6.45) is 0. The van der Waals surface area contributed by atoms with Gasteiger partial charge in [0.1, 0.15) is 9.88 Å². The molecule has 2 N–H and O–H groups in total. The van der Waals surface area contributed by atoms with Gasteiger partial charge in [0, 0.05) is 5.56 Å². The van der Waals surface area contributed by atoms with Gasteiger partial charge in [-0.25, -0.2) is 4.98 Å². The van der Waals surface area contributed by atoms with E-state index in [1.165, 1.54) is 28.0 Å². The Labute approximate surface area is 111 Å². The lowest BCUT2D eigenvalue weighted by atomic mass is 10.0. The summed E-state index contributed by atoms with van der Waals surface area (Å²) in [5, 5.41) is 0.872. The number of hydrogen-bond donors (Lipinski definition) is 1. The summed E-state index contributed by atoms with van der Waals surface area (Å²) in [5.41, 5.74) is 10.7. The first-order chi connectivity index (χ1) is 8.40. The fourth-order valence-electron chi connectivity index (χ4n) is 2.25. The molecule has 0 aliphatic heterocycles. The summed E-state index contributed by atoms with van der Waals surface area (Å²) >= 11 is 1.37. The van der Waals surface area contributed by atoms with Crippen LogP contribution in [0.1, 0.15) is 32.1 Å². The van der Waals surface area contributed by atoms with Crippen molar-refractivity contribution in [1.82, 2.24) is 4.98 Å². The molecular formula is C14H16N2OS. The van der Waals surface area contributed by atoms with Crippen LogP contribution in [0.3, 0.4) is 0 Å². The molecule has 1 amide bonds. The van der Waals surface area contributed by atoms with E-state index in [1.807, 2.05) is 6.92 Å². The highest BCUT2D eigenvalue weighted by atomic mass is 32.1. The second kappa shape index (κ2) is 4.53. The lowest BCUT2D eigenvalue weighted by Gasteiger charge is -2.08. The van der Waals surface area contributed by atoms with Gasteiger partial charge in [-0.05, 0) is 38.8 Å². The van der Waals surface area contributed by atoms with E-state index in [9.17, 15) is 4.79 Å². The van der Waals surface area contributed by atoms with Crippen molar-refractivity contribution in [2.45, 2.75) is 27.7 Å². The Balaban J connectivity index is 2.63. The normalized spacial score (nSPS) is 10.7. The van der Waals surface area contributed by atoms with Crippen LogP contribution >= 0.6 is 11.3 Å². The molecule has 1 aromatic heterocycles. The van der Waals surface area contributed by atoms with E-state index < -0.39 is 5.91 Å². The fraction of sp³-hybridized carbons (Fsp3) is 0.286. The maximum Gasteiger partial charge on any atom is 0.260 e. The zero-order chi connectivity index (χ0) is 13.4. The molecule has 3 nitrogen and oxygen atoms in total. The minimum absolute atomic E-state index is 0.404. The van der Waals surface area contributed by atoms with Crippen molar-refractivity contribution in [3.05, 3.63) is 39.4 Å². The highest BCUT2D eigenvalue weighted by Gasteiger charge is 2.16. The number of benzene rings is 1. The Kier molecular flexibility index (Phi) is 3.22. The van der Waals surface area contributed by atoms with Crippen LogP contribution in [-0.4, -0.2) is 10.9 Å². The minimum Gasteiger partial charge on any atom is -0.365 e. The number of thiazole rings is 1. The van der Waals surface area contributed by atoms with Crippen LogP contribution in [0.15, 0.2) is 12.1 Å². The van der Waals surface area contributed by atoms with E-state index in [-0.39, 0.29) is 0 Å². The number of aromatic nitrogens is 1. The van der Waals surface area contributed by atoms with Crippen LogP contribution < -0.4 is 5.73 Å². The molecule has 4 heteroatoms. The van der Waals surface area contributed by atoms with Gasteiger partial charge in [-0.2, -0.15) is 0 Å². The molecule has 2 aromatic rings. The van der Waals surface area contributed by atoms with Gasteiger partial charge in [0.15, 0.2) is 0 Å². The monoisotopic (exact) mass is 260 g/mol. The van der Waals surface area contributed by atoms with Gasteiger partial charge in [-0.1, -0.05) is 17.7 Å². The number of nitrogens with zero attached hydrogens (tertiary/aromatic N) is 1. The van der Waals surface area contributed by atoms with Gasteiger partial charge in [0.25, 0.3) is 5.91 Å². The maximum absolute atomic E-state index is 11.3. The van der Waals surface area contributed by atoms with Crippen LogP contribution in [0.5, 0.6) is 0 Å². The lowest BCUT2D eigenvalue weighted by Crippen LogP contribution is -2.09. The van der Waals surface area contributed by atoms with Gasteiger partial charge >= 0.3 is 0 Å². The molecule has 2 rings (SSSR count). The van der Waals surface area contributed by atoms with E-state index in [2.05, 4.69) is 37.9 Å². The van der Waals surface area contributed by atoms with Crippen LogP contribution in [0.25, 0.3) is 10.6 Å². The minimum atomic E-state index is -0.404. The fourth-order valence-corrected chi connectivity index (χ4v) is 3.34. The SMILES string of the molecule is Cc1cc(C)c(-c2nc(C)c(C(N)=O)s2)c(C)c1. The molecule has 1 heterocycles. The van der Waals surface area contributed by atoms with Crippen LogP contribution in [0.4, 0.5) is 0 Å². The smallest absolute Gasteiger partial charge is 0.260 e. The van der Waals surface area contributed by atoms with Gasteiger partial charge in [-0.3, -0.25) is 4.79 Å². The third-order valence-electron chi connectivity index (χ3n) is 2.91. The number of carbonyl (C=O) groups is 1. The molecule has 0 atom stereocenters. The molecule has 0 fully saturated rings. The first kappa shape index (κ1) is 12.8. The number of nitrogens with two attached hydrogens (primary N) is 1. The van der Waals surface area contributed by atoms with Gasteiger partial charge in [-0.15, -0.1) is 11.3 Å². The summed E-state index contributed by atoms with van der Waals surface area (Å²) in [6, 6.07) is 4.26. The molecule has 0 bridgehead atoms. The average Bonchev–Trinajstić information content (AvgIpc) is 2.58. The molecule has 0 saturated carbocycles. The lowest BCUT2D eigenvalue weighted by molar-refractivity contribution is 0.100. The van der Waals surface area contributed by atoms with E-state index in [4.69, 9.17) is 5.73 Å². The third-order valence-corrected chi connectivity index (χ3v) is 4.10. The van der Waals surface area contributed by atoms with Crippen LogP contribution in [-0.2, 0) is 0 Å². The van der Waals surface area contributed by atoms with Gasteiger partial charge in [0.05, 0.1) is 5.69 Å². The Morgan fingerprint density at radius 3 is 2.17 bits per heavy atom. The quantitative estimate of drug-likeness (QED) is 0.901. The van der Waals surface area contributed by atoms with Gasteiger partial charge in [0.2, 0.25) is 0 Å². The second-order valence-electron chi connectivity index (χ2n) is 4.57. The van der Waals surface area contributed by atoms with Crippen LogP contribution in [0, 0.1) is 27.7 Å². The molecule has 94 valence electrons. The summed E-state index contributed by atoms with van der Waals surface area (Å²) in [7, 11) is 0. The van der Waals surface area contributed by atoms with E-state index in [0.717, 1.165) is 10.6 Å². The molecule has 1 aromatic carbocycles. The molecular weight excluding hydrogens is 244 g/mol. The van der Waals surface area contributed by atoms with Crippen molar-refractivity contribution in [3.8, 4) is 10.6 Å². The zero-order valence-corrected chi connectivity index (χ0v) is 11.8. The number of primary amides is 1. The topological polar surface area (TPSA) is 56.0 Å². The Bertz CT molecular complexity index is 606. The molecule has 0 spiro atoms. The van der Waals surface area contributed by atoms with Crippen molar-refractivity contribution in [2.24, 2.45) is 5.73 Å². The largest absolute Gasteiger partial charge is 0.365 e. The Morgan fingerprint density at radius 2 is 1.72 bits per heavy atom. The Morgan fingerprint density at radius 1 is 1.17 bits per heavy atom. The maximum atomic E-state index is 11.3. The molecule has 0 aliphatic rings. The zero-order valence-electron chi connectivity index (χ0n) is 11.0. The summed E-state index contributed by atoms with van der Waals surface area (Å²) in [6.45, 7) is 8.02. The highest BCUT2D eigenvalue weighted by Crippen LogP contribution is 2.33. The second-order valence-corrected chi connectivity index (χ2v) is 5.57. The molecule has 0 saturated heterocycles. The van der Waals surface area contributed by atoms with Gasteiger partial charge < -0.3 is 5.73 Å². The summed E-state index contributed by atoms with van der Waals surface area (Å²) < 4.78 is 0. The van der Waals surface area contributed by atoms with Crippen molar-refractivity contribution in [2.75, 3.05) is 0 Å². The van der Waals surface area contributed by atoms with Crippen LogP contribution in [0.2, 0.25) is 0 Å². The first-order valence-electron chi connectivity index (χ1n) is 5.75. The Hall–Kier alpha value is -1.68. The predicted molar refractivity (Wildman–Crippen MR) is 75.0 cm³/mol. The number of hydrogen-bond acceptors (Lipinski definition) is 3. The molecule has 0 unspecified atom stereocenters. The predicted octanol–water partition coefficient (Wildman–Crippen LogP) is 3.14. The first-order valence-corrected chi connectivity index (χ1v) is 6.57. The third kappa shape index (κ3) is 2.16. The number of carbonyl (C=O) groups excluding carboxylic acids is 1. The average molecular weight is 260 g/mol. The van der Waals surface area contributed by atoms with E-state index in [0.29, 0.717) is 10.6 Å². The number of amides is 1.